The lowest BCUT2D eigenvalue weighted by atomic mass is 10.2. The van der Waals surface area contributed by atoms with E-state index in [0.717, 1.165) is 11.3 Å². The van der Waals surface area contributed by atoms with Crippen LogP contribution in [-0.2, 0) is 21.4 Å². The molecule has 8 heteroatoms. The molecule has 0 fully saturated rings. The summed E-state index contributed by atoms with van der Waals surface area (Å²) >= 11 is 1.21. The van der Waals surface area contributed by atoms with Crippen molar-refractivity contribution < 1.29 is 14.3 Å². The molecule has 2 heterocycles. The Balaban J connectivity index is 2.19. The van der Waals surface area contributed by atoms with Crippen LogP contribution in [0.2, 0.25) is 0 Å². The van der Waals surface area contributed by atoms with E-state index in [2.05, 4.69) is 10.1 Å². The van der Waals surface area contributed by atoms with Gasteiger partial charge in [0.1, 0.15) is 5.70 Å². The largest absolute Gasteiger partial charge is 0.465 e. The molecule has 1 aromatic rings. The highest BCUT2D eigenvalue weighted by molar-refractivity contribution is 8.14. The minimum Gasteiger partial charge on any atom is -0.465 e. The van der Waals surface area contributed by atoms with Crippen molar-refractivity contribution in [3.05, 3.63) is 23.2 Å². The average Bonchev–Trinajstić information content (AvgIpc) is 3.00. The summed E-state index contributed by atoms with van der Waals surface area (Å²) in [5.41, 5.74) is 2.16. The van der Waals surface area contributed by atoms with Gasteiger partial charge >= 0.3 is 5.97 Å². The van der Waals surface area contributed by atoms with Crippen molar-refractivity contribution in [3.8, 4) is 0 Å². The first-order chi connectivity index (χ1) is 11.0. The maximum absolute atomic E-state index is 12.4. The highest BCUT2D eigenvalue weighted by Crippen LogP contribution is 2.24. The van der Waals surface area contributed by atoms with E-state index in [1.54, 1.807) is 28.8 Å². The third-order valence-corrected chi connectivity index (χ3v) is 4.37. The first-order valence-corrected chi connectivity index (χ1v) is 8.35. The number of likely N-dealkylation sites (N-methyl/N-ethyl adjacent to an activating group) is 1. The number of amidine groups is 1. The number of ether oxygens (including phenoxy) is 1. The monoisotopic (exact) mass is 336 g/mol. The molecule has 1 amide bonds. The molecule has 2 rings (SSSR count). The molecule has 0 aromatic carbocycles. The van der Waals surface area contributed by atoms with Gasteiger partial charge in [-0.2, -0.15) is 5.10 Å². The van der Waals surface area contributed by atoms with Crippen LogP contribution >= 0.6 is 11.8 Å². The number of aryl methyl sites for hydroxylation is 1. The van der Waals surface area contributed by atoms with Crippen LogP contribution in [0.25, 0.3) is 6.08 Å². The van der Waals surface area contributed by atoms with Crippen LogP contribution in [0.5, 0.6) is 0 Å². The Bertz CT molecular complexity index is 678. The number of aromatic nitrogens is 2. The highest BCUT2D eigenvalue weighted by Gasteiger charge is 2.30. The van der Waals surface area contributed by atoms with Crippen molar-refractivity contribution in [3.63, 3.8) is 0 Å². The van der Waals surface area contributed by atoms with Gasteiger partial charge in [0.25, 0.3) is 5.91 Å². The average molecular weight is 336 g/mol. The van der Waals surface area contributed by atoms with Gasteiger partial charge in [-0.1, -0.05) is 11.8 Å². The number of amides is 1. The van der Waals surface area contributed by atoms with E-state index in [0.29, 0.717) is 24.0 Å². The number of thioether (sulfide) groups is 1. The van der Waals surface area contributed by atoms with E-state index in [-0.39, 0.29) is 17.6 Å². The second-order valence-corrected chi connectivity index (χ2v) is 5.82. The lowest BCUT2D eigenvalue weighted by Gasteiger charge is -2.14. The van der Waals surface area contributed by atoms with E-state index in [1.165, 1.54) is 11.8 Å². The van der Waals surface area contributed by atoms with Crippen LogP contribution < -0.4 is 0 Å². The third kappa shape index (κ3) is 3.82. The fourth-order valence-corrected chi connectivity index (χ4v) is 2.91. The molecule has 23 heavy (non-hydrogen) atoms. The summed E-state index contributed by atoms with van der Waals surface area (Å²) < 4.78 is 6.63. The van der Waals surface area contributed by atoms with Gasteiger partial charge < -0.3 is 4.74 Å². The van der Waals surface area contributed by atoms with Gasteiger partial charge in [-0.15, -0.1) is 0 Å². The zero-order valence-electron chi connectivity index (χ0n) is 13.7. The van der Waals surface area contributed by atoms with Crippen molar-refractivity contribution >= 4 is 34.9 Å². The van der Waals surface area contributed by atoms with Gasteiger partial charge in [0, 0.05) is 24.8 Å². The SMILES string of the molecule is CCOC(=O)CSC1=NC(=Cc2cnn(C)c2C)C(=O)N1CC. The fourth-order valence-electron chi connectivity index (χ4n) is 2.05. The normalized spacial score (nSPS) is 16.2. The molecule has 0 spiro atoms. The quantitative estimate of drug-likeness (QED) is 0.603. The van der Waals surface area contributed by atoms with Crippen LogP contribution in [0.1, 0.15) is 25.1 Å². The van der Waals surface area contributed by atoms with E-state index in [1.807, 2.05) is 20.9 Å². The van der Waals surface area contributed by atoms with Crippen molar-refractivity contribution in [1.82, 2.24) is 14.7 Å². The summed E-state index contributed by atoms with van der Waals surface area (Å²) in [6.07, 6.45) is 3.43. The van der Waals surface area contributed by atoms with Gasteiger partial charge in [0.15, 0.2) is 5.17 Å². The molecule has 1 aliphatic heterocycles. The fraction of sp³-hybridized carbons (Fsp3) is 0.467. The molecule has 0 bridgehead atoms. The molecule has 0 radical (unpaired) electrons. The van der Waals surface area contributed by atoms with E-state index >= 15 is 0 Å². The van der Waals surface area contributed by atoms with E-state index in [4.69, 9.17) is 4.74 Å². The molecule has 0 atom stereocenters. The van der Waals surface area contributed by atoms with Gasteiger partial charge in [0.05, 0.1) is 18.6 Å². The molecular weight excluding hydrogens is 316 g/mol. The number of esters is 1. The predicted molar refractivity (Wildman–Crippen MR) is 89.8 cm³/mol. The number of aliphatic imine (C=N–C) groups is 1. The molecule has 7 nitrogen and oxygen atoms in total. The van der Waals surface area contributed by atoms with Crippen molar-refractivity contribution in [2.24, 2.45) is 12.0 Å². The molecule has 1 aromatic heterocycles. The Labute approximate surface area is 139 Å². The Kier molecular flexibility index (Phi) is 5.59. The van der Waals surface area contributed by atoms with Crippen LogP contribution in [0, 0.1) is 6.92 Å². The maximum atomic E-state index is 12.4. The minimum atomic E-state index is -0.316. The Morgan fingerprint density at radius 2 is 2.17 bits per heavy atom. The number of carbonyl (C=O) groups excluding carboxylic acids is 2. The molecule has 124 valence electrons. The van der Waals surface area contributed by atoms with Gasteiger partial charge in [-0.05, 0) is 26.8 Å². The number of rotatable bonds is 5. The number of carbonyl (C=O) groups is 2. The molecule has 0 unspecified atom stereocenters. The molecule has 0 aliphatic carbocycles. The van der Waals surface area contributed by atoms with Crippen LogP contribution in [0.4, 0.5) is 0 Å². The van der Waals surface area contributed by atoms with E-state index < -0.39 is 0 Å². The van der Waals surface area contributed by atoms with Gasteiger partial charge in [-0.3, -0.25) is 19.2 Å². The van der Waals surface area contributed by atoms with Crippen LogP contribution in [0.3, 0.4) is 0 Å². The Morgan fingerprint density at radius 3 is 2.74 bits per heavy atom. The lowest BCUT2D eigenvalue weighted by molar-refractivity contribution is -0.139. The summed E-state index contributed by atoms with van der Waals surface area (Å²) in [7, 11) is 1.84. The standard InChI is InChI=1S/C15H20N4O3S/c1-5-19-14(21)12(7-11-8-16-18(4)10(11)3)17-15(19)23-9-13(20)22-6-2/h7-8H,5-6,9H2,1-4H3. The van der Waals surface area contributed by atoms with Crippen molar-refractivity contribution in [2.45, 2.75) is 20.8 Å². The number of nitrogens with zero attached hydrogens (tertiary/aromatic N) is 4. The van der Waals surface area contributed by atoms with Crippen LogP contribution in [-0.4, -0.2) is 50.6 Å². The van der Waals surface area contributed by atoms with Crippen molar-refractivity contribution in [2.75, 3.05) is 18.9 Å². The zero-order valence-corrected chi connectivity index (χ0v) is 14.5. The minimum absolute atomic E-state index is 0.135. The van der Waals surface area contributed by atoms with Crippen LogP contribution in [0.15, 0.2) is 16.9 Å². The summed E-state index contributed by atoms with van der Waals surface area (Å²) in [5.74, 6) is -0.346. The topological polar surface area (TPSA) is 76.8 Å². The molecule has 1 aliphatic rings. The van der Waals surface area contributed by atoms with Crippen molar-refractivity contribution in [1.29, 1.82) is 0 Å². The second-order valence-electron chi connectivity index (χ2n) is 4.88. The summed E-state index contributed by atoms with van der Waals surface area (Å²) in [6.45, 7) is 6.40. The summed E-state index contributed by atoms with van der Waals surface area (Å²) in [4.78, 5) is 29.8. The summed E-state index contributed by atoms with van der Waals surface area (Å²) in [6, 6.07) is 0. The Morgan fingerprint density at radius 1 is 1.43 bits per heavy atom. The molecule has 0 saturated carbocycles. The Hall–Kier alpha value is -2.09. The second kappa shape index (κ2) is 7.45. The lowest BCUT2D eigenvalue weighted by Crippen LogP contribution is -2.30. The predicted octanol–water partition coefficient (Wildman–Crippen LogP) is 1.58. The third-order valence-electron chi connectivity index (χ3n) is 3.42. The molecular formula is C15H20N4O3S. The number of hydrogen-bond acceptors (Lipinski definition) is 6. The number of hydrogen-bond donors (Lipinski definition) is 0. The van der Waals surface area contributed by atoms with Gasteiger partial charge in [0.2, 0.25) is 0 Å². The first-order valence-electron chi connectivity index (χ1n) is 7.37. The van der Waals surface area contributed by atoms with Gasteiger partial charge in [-0.25, -0.2) is 4.99 Å². The molecule has 0 N–H and O–H groups in total. The van der Waals surface area contributed by atoms with E-state index in [9.17, 15) is 9.59 Å². The smallest absolute Gasteiger partial charge is 0.316 e. The maximum Gasteiger partial charge on any atom is 0.316 e. The highest BCUT2D eigenvalue weighted by atomic mass is 32.2. The molecule has 0 saturated heterocycles. The summed E-state index contributed by atoms with van der Waals surface area (Å²) in [5, 5.41) is 4.68. The first kappa shape index (κ1) is 17.3. The zero-order chi connectivity index (χ0) is 17.0.